The van der Waals surface area contributed by atoms with Crippen LogP contribution < -0.4 is 4.74 Å². The quantitative estimate of drug-likeness (QED) is 0.391. The molecule has 0 saturated carbocycles. The molecule has 3 rings (SSSR count). The van der Waals surface area contributed by atoms with Crippen LogP contribution in [0, 0.1) is 18.3 Å². The van der Waals surface area contributed by atoms with Gasteiger partial charge in [0.2, 0.25) is 0 Å². The normalized spacial score (nSPS) is 11.6. The zero-order valence-corrected chi connectivity index (χ0v) is 19.4. The summed E-state index contributed by atoms with van der Waals surface area (Å²) in [5, 5.41) is 9.01. The summed E-state index contributed by atoms with van der Waals surface area (Å²) in [5.74, 6) is 0.437. The van der Waals surface area contributed by atoms with Gasteiger partial charge in [-0.2, -0.15) is 5.26 Å². The minimum Gasteiger partial charge on any atom is -0.492 e. The van der Waals surface area contributed by atoms with E-state index in [1.807, 2.05) is 55.5 Å². The number of nitrogens with zero attached hydrogens (tertiary/aromatic N) is 2. The van der Waals surface area contributed by atoms with Crippen molar-refractivity contribution in [2.45, 2.75) is 39.8 Å². The van der Waals surface area contributed by atoms with Crippen LogP contribution in [0.2, 0.25) is 0 Å². The molecule has 0 radical (unpaired) electrons. The van der Waals surface area contributed by atoms with E-state index in [9.17, 15) is 4.79 Å². The van der Waals surface area contributed by atoms with E-state index in [2.05, 4.69) is 29.7 Å². The molecule has 0 spiro atoms. The molecule has 0 saturated heterocycles. The number of carbonyl (C=O) groups is 1. The molecule has 1 heterocycles. The molecule has 0 aliphatic carbocycles. The van der Waals surface area contributed by atoms with Crippen LogP contribution in [0.3, 0.4) is 0 Å². The summed E-state index contributed by atoms with van der Waals surface area (Å²) in [6, 6.07) is 21.6. The topological polar surface area (TPSA) is 73.5 Å². The summed E-state index contributed by atoms with van der Waals surface area (Å²) < 4.78 is 18.8. The van der Waals surface area contributed by atoms with E-state index in [0.29, 0.717) is 38.3 Å². The van der Waals surface area contributed by atoms with Gasteiger partial charge in [-0.05, 0) is 68.3 Å². The number of nitriles is 1. The lowest BCUT2D eigenvalue weighted by Gasteiger charge is -2.16. The Morgan fingerprint density at radius 2 is 1.73 bits per heavy atom. The molecule has 6 nitrogen and oxygen atoms in total. The number of carbonyl (C=O) groups excluding carboxylic acids is 1. The molecule has 33 heavy (non-hydrogen) atoms. The van der Waals surface area contributed by atoms with Gasteiger partial charge in [0, 0.05) is 24.4 Å². The fourth-order valence-electron chi connectivity index (χ4n) is 3.67. The van der Waals surface area contributed by atoms with Crippen LogP contribution in [0.1, 0.15) is 30.7 Å². The van der Waals surface area contributed by atoms with Crippen molar-refractivity contribution in [1.82, 2.24) is 4.57 Å². The molecule has 172 valence electrons. The van der Waals surface area contributed by atoms with Crippen molar-refractivity contribution in [3.05, 3.63) is 77.5 Å². The number of hydrogen-bond acceptors (Lipinski definition) is 5. The van der Waals surface area contributed by atoms with Gasteiger partial charge >= 0.3 is 5.97 Å². The van der Waals surface area contributed by atoms with E-state index in [1.165, 1.54) is 0 Å². The first-order valence-corrected chi connectivity index (χ1v) is 11.2. The summed E-state index contributed by atoms with van der Waals surface area (Å²) in [5.41, 5.74) is 4.94. The van der Waals surface area contributed by atoms with Gasteiger partial charge in [-0.1, -0.05) is 24.3 Å². The third kappa shape index (κ3) is 6.47. The Labute approximate surface area is 195 Å². The SMILES string of the molecule is CCOC(=O)C(Cc1ccc(OCCn2c(C)ccc2-c2ccc(C#N)cc2)cc1)OCC. The molecular weight excluding hydrogens is 416 g/mol. The maximum atomic E-state index is 12.1. The maximum Gasteiger partial charge on any atom is 0.335 e. The standard InChI is InChI=1S/C27H30N2O4/c1-4-31-26(27(30)32-5-2)18-21-9-13-24(14-10-21)33-17-16-29-20(3)6-15-25(29)23-11-7-22(19-28)8-12-23/h6-15,26H,4-5,16-18H2,1-3H3. The van der Waals surface area contributed by atoms with Crippen LogP contribution in [0.5, 0.6) is 5.75 Å². The molecule has 6 heteroatoms. The van der Waals surface area contributed by atoms with Crippen LogP contribution in [0.15, 0.2) is 60.7 Å². The smallest absolute Gasteiger partial charge is 0.335 e. The van der Waals surface area contributed by atoms with Crippen molar-refractivity contribution >= 4 is 5.97 Å². The number of benzene rings is 2. The number of ether oxygens (including phenoxy) is 3. The third-order valence-corrected chi connectivity index (χ3v) is 5.35. The highest BCUT2D eigenvalue weighted by Crippen LogP contribution is 2.23. The van der Waals surface area contributed by atoms with E-state index in [4.69, 9.17) is 19.5 Å². The molecule has 2 aromatic carbocycles. The second kappa shape index (κ2) is 11.9. The van der Waals surface area contributed by atoms with Gasteiger partial charge < -0.3 is 18.8 Å². The maximum absolute atomic E-state index is 12.1. The van der Waals surface area contributed by atoms with Gasteiger partial charge in [-0.3, -0.25) is 0 Å². The van der Waals surface area contributed by atoms with Gasteiger partial charge in [0.05, 0.1) is 24.8 Å². The van der Waals surface area contributed by atoms with Gasteiger partial charge in [0.1, 0.15) is 12.4 Å². The van der Waals surface area contributed by atoms with E-state index in [1.54, 1.807) is 6.92 Å². The molecule has 3 aromatic rings. The number of aromatic nitrogens is 1. The minimum atomic E-state index is -0.598. The average molecular weight is 447 g/mol. The largest absolute Gasteiger partial charge is 0.492 e. The number of aryl methyl sites for hydroxylation is 1. The Hall–Kier alpha value is -3.56. The van der Waals surface area contributed by atoms with Crippen molar-refractivity contribution < 1.29 is 19.0 Å². The number of hydrogen-bond donors (Lipinski definition) is 0. The summed E-state index contributed by atoms with van der Waals surface area (Å²) in [7, 11) is 0. The lowest BCUT2D eigenvalue weighted by atomic mass is 10.1. The lowest BCUT2D eigenvalue weighted by Crippen LogP contribution is -2.28. The molecule has 1 unspecified atom stereocenters. The minimum absolute atomic E-state index is 0.333. The van der Waals surface area contributed by atoms with Gasteiger partial charge in [0.25, 0.3) is 0 Å². The molecule has 0 amide bonds. The summed E-state index contributed by atoms with van der Waals surface area (Å²) in [6.07, 6.45) is -0.136. The van der Waals surface area contributed by atoms with Gasteiger partial charge in [-0.15, -0.1) is 0 Å². The Kier molecular flexibility index (Phi) is 8.68. The molecule has 0 bridgehead atoms. The van der Waals surface area contributed by atoms with Crippen LogP contribution in [0.4, 0.5) is 0 Å². The molecule has 0 aliphatic rings. The van der Waals surface area contributed by atoms with E-state index in [-0.39, 0.29) is 5.97 Å². The Bertz CT molecular complexity index is 1080. The van der Waals surface area contributed by atoms with Gasteiger partial charge in [0.15, 0.2) is 6.10 Å². The van der Waals surface area contributed by atoms with Crippen molar-refractivity contribution in [1.29, 1.82) is 5.26 Å². The molecule has 0 fully saturated rings. The molecule has 1 aromatic heterocycles. The van der Waals surface area contributed by atoms with E-state index in [0.717, 1.165) is 28.3 Å². The second-order valence-electron chi connectivity index (χ2n) is 7.59. The molecular formula is C27H30N2O4. The van der Waals surface area contributed by atoms with Crippen LogP contribution in [-0.2, 0) is 27.2 Å². The first kappa shape index (κ1) is 24.1. The number of rotatable bonds is 11. The Balaban J connectivity index is 1.59. The van der Waals surface area contributed by atoms with Crippen molar-refractivity contribution in [3.63, 3.8) is 0 Å². The first-order valence-electron chi connectivity index (χ1n) is 11.2. The average Bonchev–Trinajstić information content (AvgIpc) is 3.20. The fraction of sp³-hybridized carbons (Fsp3) is 0.333. The van der Waals surface area contributed by atoms with Crippen LogP contribution >= 0.6 is 0 Å². The predicted octanol–water partition coefficient (Wildman–Crippen LogP) is 4.92. The monoisotopic (exact) mass is 446 g/mol. The molecule has 0 aliphatic heterocycles. The predicted molar refractivity (Wildman–Crippen MR) is 127 cm³/mol. The fourth-order valence-corrected chi connectivity index (χ4v) is 3.67. The first-order chi connectivity index (χ1) is 16.0. The van der Waals surface area contributed by atoms with Crippen molar-refractivity contribution in [2.24, 2.45) is 0 Å². The zero-order chi connectivity index (χ0) is 23.6. The van der Waals surface area contributed by atoms with E-state index >= 15 is 0 Å². The summed E-state index contributed by atoms with van der Waals surface area (Å²) >= 11 is 0. The van der Waals surface area contributed by atoms with Crippen molar-refractivity contribution in [3.8, 4) is 23.1 Å². The highest BCUT2D eigenvalue weighted by atomic mass is 16.6. The molecule has 0 N–H and O–H groups in total. The Morgan fingerprint density at radius 1 is 1.00 bits per heavy atom. The highest BCUT2D eigenvalue weighted by Gasteiger charge is 2.20. The number of esters is 1. The summed E-state index contributed by atoms with van der Waals surface area (Å²) in [4.78, 5) is 12.1. The van der Waals surface area contributed by atoms with Crippen LogP contribution in [0.25, 0.3) is 11.3 Å². The van der Waals surface area contributed by atoms with E-state index < -0.39 is 6.10 Å². The lowest BCUT2D eigenvalue weighted by molar-refractivity contribution is -0.156. The third-order valence-electron chi connectivity index (χ3n) is 5.35. The molecule has 1 atom stereocenters. The highest BCUT2D eigenvalue weighted by molar-refractivity contribution is 5.75. The van der Waals surface area contributed by atoms with Crippen molar-refractivity contribution in [2.75, 3.05) is 19.8 Å². The van der Waals surface area contributed by atoms with Crippen LogP contribution in [-0.4, -0.2) is 36.5 Å². The Morgan fingerprint density at radius 3 is 2.36 bits per heavy atom. The van der Waals surface area contributed by atoms with Gasteiger partial charge in [-0.25, -0.2) is 4.79 Å². The zero-order valence-electron chi connectivity index (χ0n) is 19.4. The second-order valence-corrected chi connectivity index (χ2v) is 7.59. The summed E-state index contributed by atoms with van der Waals surface area (Å²) in [6.45, 7) is 7.73.